The average Bonchev–Trinajstić information content (AvgIpc) is 2.40. The fraction of sp³-hybridized carbons (Fsp3) is 0.571. The Morgan fingerprint density at radius 1 is 1.30 bits per heavy atom. The number of benzene rings is 1. The van der Waals surface area contributed by atoms with Gasteiger partial charge in [0.15, 0.2) is 0 Å². The molecule has 0 aromatic heterocycles. The largest absolute Gasteiger partial charge is 0.573 e. The maximum absolute atomic E-state index is 12.3. The van der Waals surface area contributed by atoms with E-state index in [0.717, 1.165) is 26.0 Å². The van der Waals surface area contributed by atoms with Crippen LogP contribution in [-0.2, 0) is 11.3 Å². The second kappa shape index (κ2) is 6.95. The van der Waals surface area contributed by atoms with Crippen molar-refractivity contribution in [2.24, 2.45) is 5.92 Å². The van der Waals surface area contributed by atoms with Crippen LogP contribution in [0.1, 0.15) is 18.4 Å². The van der Waals surface area contributed by atoms with Crippen LogP contribution in [0, 0.1) is 5.92 Å². The van der Waals surface area contributed by atoms with Crippen LogP contribution in [0.15, 0.2) is 24.3 Å². The number of ether oxygens (including phenoxy) is 2. The Morgan fingerprint density at radius 3 is 2.80 bits per heavy atom. The van der Waals surface area contributed by atoms with Gasteiger partial charge in [-0.15, -0.1) is 13.2 Å². The van der Waals surface area contributed by atoms with E-state index in [4.69, 9.17) is 4.74 Å². The molecule has 112 valence electrons. The van der Waals surface area contributed by atoms with Crippen molar-refractivity contribution in [1.29, 1.82) is 0 Å². The van der Waals surface area contributed by atoms with Gasteiger partial charge >= 0.3 is 6.36 Å². The van der Waals surface area contributed by atoms with Gasteiger partial charge in [-0.25, -0.2) is 0 Å². The molecule has 20 heavy (non-hydrogen) atoms. The highest BCUT2D eigenvalue weighted by molar-refractivity contribution is 5.33. The van der Waals surface area contributed by atoms with Crippen molar-refractivity contribution in [1.82, 2.24) is 5.32 Å². The van der Waals surface area contributed by atoms with Crippen LogP contribution in [0.5, 0.6) is 5.75 Å². The summed E-state index contributed by atoms with van der Waals surface area (Å²) in [5, 5.41) is 3.17. The van der Waals surface area contributed by atoms with Gasteiger partial charge in [0.05, 0.1) is 6.61 Å². The van der Waals surface area contributed by atoms with Crippen LogP contribution in [0.25, 0.3) is 0 Å². The minimum Gasteiger partial charge on any atom is -0.405 e. The first-order valence-corrected chi connectivity index (χ1v) is 6.67. The first-order chi connectivity index (χ1) is 9.54. The van der Waals surface area contributed by atoms with Crippen LogP contribution in [0.4, 0.5) is 13.2 Å². The molecule has 1 fully saturated rings. The van der Waals surface area contributed by atoms with Crippen LogP contribution < -0.4 is 10.1 Å². The summed E-state index contributed by atoms with van der Waals surface area (Å²) < 4.78 is 46.2. The van der Waals surface area contributed by atoms with Gasteiger partial charge in [-0.2, -0.15) is 0 Å². The molecule has 0 amide bonds. The van der Waals surface area contributed by atoms with Crippen molar-refractivity contribution in [3.05, 3.63) is 29.8 Å². The Kier molecular flexibility index (Phi) is 5.25. The number of para-hydroxylation sites is 1. The fourth-order valence-electron chi connectivity index (χ4n) is 2.25. The summed E-state index contributed by atoms with van der Waals surface area (Å²) in [6.07, 6.45) is -2.53. The fourth-order valence-corrected chi connectivity index (χ4v) is 2.25. The Hall–Kier alpha value is -1.27. The lowest BCUT2D eigenvalue weighted by molar-refractivity contribution is -0.274. The molecule has 1 saturated heterocycles. The lowest BCUT2D eigenvalue weighted by Crippen LogP contribution is -2.29. The molecule has 1 aliphatic rings. The molecular weight excluding hydrogens is 271 g/mol. The molecule has 1 aromatic rings. The third-order valence-corrected chi connectivity index (χ3v) is 3.20. The highest BCUT2D eigenvalue weighted by atomic mass is 19.4. The van der Waals surface area contributed by atoms with Crippen molar-refractivity contribution >= 4 is 0 Å². The number of rotatable bonds is 5. The molecular formula is C14H18F3NO2. The first-order valence-electron chi connectivity index (χ1n) is 6.67. The van der Waals surface area contributed by atoms with E-state index in [1.165, 1.54) is 12.1 Å². The Labute approximate surface area is 116 Å². The Balaban J connectivity index is 1.85. The van der Waals surface area contributed by atoms with Gasteiger partial charge < -0.3 is 14.8 Å². The Bertz CT molecular complexity index is 417. The molecule has 0 bridgehead atoms. The second-order valence-corrected chi connectivity index (χ2v) is 4.87. The smallest absolute Gasteiger partial charge is 0.405 e. The van der Waals surface area contributed by atoms with Crippen LogP contribution in [0.3, 0.4) is 0 Å². The SMILES string of the molecule is FC(F)(F)Oc1ccccc1CNCC1CCCOC1. The lowest BCUT2D eigenvalue weighted by Gasteiger charge is -2.22. The number of alkyl halides is 3. The van der Waals surface area contributed by atoms with Crippen LogP contribution in [0.2, 0.25) is 0 Å². The minimum atomic E-state index is -4.66. The average molecular weight is 289 g/mol. The third kappa shape index (κ3) is 5.02. The normalized spacial score (nSPS) is 19.9. The summed E-state index contributed by atoms with van der Waals surface area (Å²) in [5.74, 6) is 0.284. The van der Waals surface area contributed by atoms with Crippen LogP contribution >= 0.6 is 0 Å². The highest BCUT2D eigenvalue weighted by Crippen LogP contribution is 2.26. The van der Waals surface area contributed by atoms with E-state index in [0.29, 0.717) is 24.6 Å². The summed E-state index contributed by atoms with van der Waals surface area (Å²) in [4.78, 5) is 0. The van der Waals surface area contributed by atoms with Crippen molar-refractivity contribution in [3.63, 3.8) is 0 Å². The number of halogens is 3. The lowest BCUT2D eigenvalue weighted by atomic mass is 10.0. The summed E-state index contributed by atoms with van der Waals surface area (Å²) in [6, 6.07) is 6.18. The summed E-state index contributed by atoms with van der Waals surface area (Å²) in [5.41, 5.74) is 0.501. The highest BCUT2D eigenvalue weighted by Gasteiger charge is 2.31. The molecule has 6 heteroatoms. The summed E-state index contributed by atoms with van der Waals surface area (Å²) in [6.45, 7) is 2.61. The molecule has 3 nitrogen and oxygen atoms in total. The predicted octanol–water partition coefficient (Wildman–Crippen LogP) is 3.10. The van der Waals surface area contributed by atoms with Gasteiger partial charge in [0.1, 0.15) is 5.75 Å². The van der Waals surface area contributed by atoms with Gasteiger partial charge in [0, 0.05) is 25.3 Å². The minimum absolute atomic E-state index is 0.146. The van der Waals surface area contributed by atoms with E-state index in [9.17, 15) is 13.2 Å². The van der Waals surface area contributed by atoms with Crippen molar-refractivity contribution < 1.29 is 22.6 Å². The molecule has 1 heterocycles. The zero-order valence-electron chi connectivity index (χ0n) is 11.1. The molecule has 0 spiro atoms. The van der Waals surface area contributed by atoms with E-state index in [1.807, 2.05) is 0 Å². The summed E-state index contributed by atoms with van der Waals surface area (Å²) in [7, 11) is 0. The van der Waals surface area contributed by atoms with E-state index in [1.54, 1.807) is 12.1 Å². The van der Waals surface area contributed by atoms with E-state index in [-0.39, 0.29) is 5.75 Å². The molecule has 1 unspecified atom stereocenters. The first kappa shape index (κ1) is 15.1. The molecule has 1 aromatic carbocycles. The molecule has 1 atom stereocenters. The van der Waals surface area contributed by atoms with Gasteiger partial charge in [-0.1, -0.05) is 18.2 Å². The van der Waals surface area contributed by atoms with Crippen molar-refractivity contribution in [2.75, 3.05) is 19.8 Å². The monoisotopic (exact) mass is 289 g/mol. The number of hydrogen-bond acceptors (Lipinski definition) is 3. The molecule has 0 saturated carbocycles. The second-order valence-electron chi connectivity index (χ2n) is 4.87. The number of nitrogens with one attached hydrogen (secondary N) is 1. The summed E-state index contributed by atoms with van der Waals surface area (Å²) >= 11 is 0. The van der Waals surface area contributed by atoms with E-state index >= 15 is 0 Å². The van der Waals surface area contributed by atoms with E-state index < -0.39 is 6.36 Å². The quantitative estimate of drug-likeness (QED) is 0.903. The number of hydrogen-bond donors (Lipinski definition) is 1. The molecule has 2 rings (SSSR count). The van der Waals surface area contributed by atoms with Crippen LogP contribution in [-0.4, -0.2) is 26.1 Å². The Morgan fingerprint density at radius 2 is 2.10 bits per heavy atom. The van der Waals surface area contributed by atoms with Gasteiger partial charge in [0.25, 0.3) is 0 Å². The van der Waals surface area contributed by atoms with E-state index in [2.05, 4.69) is 10.1 Å². The van der Waals surface area contributed by atoms with Crippen molar-refractivity contribution in [2.45, 2.75) is 25.7 Å². The standard InChI is InChI=1S/C14H18F3NO2/c15-14(16,17)20-13-6-2-1-5-12(13)9-18-8-11-4-3-7-19-10-11/h1-2,5-6,11,18H,3-4,7-10H2. The zero-order valence-corrected chi connectivity index (χ0v) is 11.1. The van der Waals surface area contributed by atoms with Gasteiger partial charge in [0.2, 0.25) is 0 Å². The molecule has 1 N–H and O–H groups in total. The maximum Gasteiger partial charge on any atom is 0.573 e. The maximum atomic E-state index is 12.3. The zero-order chi connectivity index (χ0) is 14.4. The third-order valence-electron chi connectivity index (χ3n) is 3.20. The van der Waals surface area contributed by atoms with Gasteiger partial charge in [-0.05, 0) is 24.8 Å². The van der Waals surface area contributed by atoms with Crippen molar-refractivity contribution in [3.8, 4) is 5.75 Å². The molecule has 1 aliphatic heterocycles. The molecule has 0 radical (unpaired) electrons. The van der Waals surface area contributed by atoms with Gasteiger partial charge in [-0.3, -0.25) is 0 Å². The predicted molar refractivity (Wildman–Crippen MR) is 68.4 cm³/mol. The molecule has 0 aliphatic carbocycles. The topological polar surface area (TPSA) is 30.5 Å².